The van der Waals surface area contributed by atoms with E-state index in [1.54, 1.807) is 0 Å². The summed E-state index contributed by atoms with van der Waals surface area (Å²) in [6.45, 7) is 5.36. The molecule has 0 spiro atoms. The van der Waals surface area contributed by atoms with Gasteiger partial charge in [-0.2, -0.15) is 18.4 Å². The molecule has 0 saturated carbocycles. The molecule has 0 aliphatic heterocycles. The van der Waals surface area contributed by atoms with Crippen LogP contribution in [-0.2, 0) is 12.7 Å². The van der Waals surface area contributed by atoms with E-state index in [1.165, 1.54) is 12.1 Å². The van der Waals surface area contributed by atoms with E-state index in [2.05, 4.69) is 25.2 Å². The second-order valence-corrected chi connectivity index (χ2v) is 5.62. The van der Waals surface area contributed by atoms with Crippen LogP contribution >= 0.6 is 0 Å². The maximum Gasteiger partial charge on any atom is 0.416 e. The van der Waals surface area contributed by atoms with Crippen LogP contribution < -0.4 is 5.32 Å². The molecule has 0 saturated heterocycles. The minimum atomic E-state index is -4.29. The van der Waals surface area contributed by atoms with E-state index in [1.807, 2.05) is 0 Å². The van der Waals surface area contributed by atoms with Gasteiger partial charge in [0.1, 0.15) is 0 Å². The molecular formula is C15H19F3N2. The van der Waals surface area contributed by atoms with Crippen molar-refractivity contribution in [1.29, 1.82) is 5.26 Å². The van der Waals surface area contributed by atoms with Crippen molar-refractivity contribution < 1.29 is 13.2 Å². The summed E-state index contributed by atoms with van der Waals surface area (Å²) in [5, 5.41) is 11.8. The second-order valence-electron chi connectivity index (χ2n) is 5.62. The molecule has 2 nitrogen and oxygen atoms in total. The monoisotopic (exact) mass is 284 g/mol. The van der Waals surface area contributed by atoms with Gasteiger partial charge in [0, 0.05) is 19.5 Å². The molecule has 0 bridgehead atoms. The molecule has 1 rings (SSSR count). The Hall–Kier alpha value is -1.54. The predicted octanol–water partition coefficient (Wildman–Crippen LogP) is 4.12. The maximum atomic E-state index is 12.4. The lowest BCUT2D eigenvalue weighted by molar-refractivity contribution is -0.137. The fourth-order valence-corrected chi connectivity index (χ4v) is 1.84. The topological polar surface area (TPSA) is 35.8 Å². The van der Waals surface area contributed by atoms with Crippen LogP contribution in [0.4, 0.5) is 13.2 Å². The van der Waals surface area contributed by atoms with E-state index in [4.69, 9.17) is 5.26 Å². The van der Waals surface area contributed by atoms with Gasteiger partial charge in [0.2, 0.25) is 0 Å². The van der Waals surface area contributed by atoms with Crippen molar-refractivity contribution in [1.82, 2.24) is 5.32 Å². The lowest BCUT2D eigenvalue weighted by atomic mass is 9.88. The number of nitriles is 1. The smallest absolute Gasteiger partial charge is 0.312 e. The average molecular weight is 284 g/mol. The lowest BCUT2D eigenvalue weighted by Gasteiger charge is -2.23. The molecule has 0 aliphatic rings. The predicted molar refractivity (Wildman–Crippen MR) is 71.8 cm³/mol. The van der Waals surface area contributed by atoms with Crippen molar-refractivity contribution in [3.05, 3.63) is 35.4 Å². The highest BCUT2D eigenvalue weighted by Crippen LogP contribution is 2.29. The van der Waals surface area contributed by atoms with Crippen LogP contribution in [0.5, 0.6) is 0 Å². The van der Waals surface area contributed by atoms with E-state index in [0.29, 0.717) is 13.0 Å². The van der Waals surface area contributed by atoms with Crippen molar-refractivity contribution in [2.45, 2.75) is 39.4 Å². The Morgan fingerprint density at radius 3 is 2.25 bits per heavy atom. The number of halogens is 3. The standard InChI is InChI=1S/C15H19F3N2/c1-14(2,8-3-9-19)11-20-10-12-4-6-13(7-5-12)15(16,17)18/h4-7,20H,3,8,10-11H2,1-2H3. The van der Waals surface area contributed by atoms with Gasteiger partial charge in [-0.3, -0.25) is 0 Å². The molecule has 20 heavy (non-hydrogen) atoms. The highest BCUT2D eigenvalue weighted by atomic mass is 19.4. The first-order valence-corrected chi connectivity index (χ1v) is 6.48. The largest absolute Gasteiger partial charge is 0.416 e. The van der Waals surface area contributed by atoms with Crippen LogP contribution in [0.2, 0.25) is 0 Å². The average Bonchev–Trinajstić information content (AvgIpc) is 2.36. The molecule has 0 unspecified atom stereocenters. The van der Waals surface area contributed by atoms with Crippen LogP contribution in [0.15, 0.2) is 24.3 Å². The summed E-state index contributed by atoms with van der Waals surface area (Å²) in [6.07, 6.45) is -2.98. The zero-order valence-electron chi connectivity index (χ0n) is 11.7. The van der Waals surface area contributed by atoms with Gasteiger partial charge in [-0.05, 0) is 29.5 Å². The molecule has 0 aliphatic carbocycles. The quantitative estimate of drug-likeness (QED) is 0.852. The molecule has 0 aromatic heterocycles. The third-order valence-corrected chi connectivity index (χ3v) is 3.13. The van der Waals surface area contributed by atoms with Gasteiger partial charge < -0.3 is 5.32 Å². The van der Waals surface area contributed by atoms with E-state index < -0.39 is 11.7 Å². The Bertz CT molecular complexity index is 455. The fourth-order valence-electron chi connectivity index (χ4n) is 1.84. The number of benzene rings is 1. The van der Waals surface area contributed by atoms with E-state index in [9.17, 15) is 13.2 Å². The molecule has 1 aromatic carbocycles. The molecule has 0 radical (unpaired) electrons. The summed E-state index contributed by atoms with van der Waals surface area (Å²) in [4.78, 5) is 0. The van der Waals surface area contributed by atoms with Gasteiger partial charge in [0.25, 0.3) is 0 Å². The van der Waals surface area contributed by atoms with E-state index in [0.717, 1.165) is 30.7 Å². The number of nitrogens with one attached hydrogen (secondary N) is 1. The van der Waals surface area contributed by atoms with E-state index in [-0.39, 0.29) is 5.41 Å². The number of nitrogens with zero attached hydrogens (tertiary/aromatic N) is 1. The van der Waals surface area contributed by atoms with Gasteiger partial charge >= 0.3 is 6.18 Å². The van der Waals surface area contributed by atoms with Crippen molar-refractivity contribution in [3.63, 3.8) is 0 Å². The minimum absolute atomic E-state index is 0.00163. The first-order chi connectivity index (χ1) is 9.24. The second kappa shape index (κ2) is 6.76. The van der Waals surface area contributed by atoms with Crippen LogP contribution in [0.1, 0.15) is 37.8 Å². The van der Waals surface area contributed by atoms with Gasteiger partial charge in [0.15, 0.2) is 0 Å². The summed E-state index contributed by atoms with van der Waals surface area (Å²) >= 11 is 0. The van der Waals surface area contributed by atoms with Crippen LogP contribution in [0.25, 0.3) is 0 Å². The van der Waals surface area contributed by atoms with Crippen LogP contribution in [-0.4, -0.2) is 6.54 Å². The normalized spacial score (nSPS) is 12.2. The summed E-state index contributed by atoms with van der Waals surface area (Å²) in [7, 11) is 0. The molecule has 5 heteroatoms. The summed E-state index contributed by atoms with van der Waals surface area (Å²) in [5.74, 6) is 0. The molecule has 1 aromatic rings. The highest BCUT2D eigenvalue weighted by molar-refractivity contribution is 5.24. The highest BCUT2D eigenvalue weighted by Gasteiger charge is 2.29. The molecule has 0 amide bonds. The Labute approximate surface area is 117 Å². The Balaban J connectivity index is 2.45. The van der Waals surface area contributed by atoms with Crippen LogP contribution in [0, 0.1) is 16.7 Å². The van der Waals surface area contributed by atoms with E-state index >= 15 is 0 Å². The van der Waals surface area contributed by atoms with Crippen molar-refractivity contribution in [2.24, 2.45) is 5.41 Å². The number of alkyl halides is 3. The zero-order valence-corrected chi connectivity index (χ0v) is 11.7. The Morgan fingerprint density at radius 1 is 1.15 bits per heavy atom. The minimum Gasteiger partial charge on any atom is -0.312 e. The first-order valence-electron chi connectivity index (χ1n) is 6.48. The number of hydrogen-bond acceptors (Lipinski definition) is 2. The van der Waals surface area contributed by atoms with Crippen molar-refractivity contribution >= 4 is 0 Å². The Morgan fingerprint density at radius 2 is 1.75 bits per heavy atom. The Kier molecular flexibility index (Phi) is 5.58. The van der Waals surface area contributed by atoms with Gasteiger partial charge in [-0.1, -0.05) is 26.0 Å². The van der Waals surface area contributed by atoms with Crippen LogP contribution in [0.3, 0.4) is 0 Å². The molecule has 0 fully saturated rings. The third kappa shape index (κ3) is 5.62. The molecule has 1 N–H and O–H groups in total. The summed E-state index contributed by atoms with van der Waals surface area (Å²) in [6, 6.07) is 7.28. The zero-order chi connectivity index (χ0) is 15.2. The first kappa shape index (κ1) is 16.5. The van der Waals surface area contributed by atoms with Crippen molar-refractivity contribution in [3.8, 4) is 6.07 Å². The molecular weight excluding hydrogens is 265 g/mol. The summed E-state index contributed by atoms with van der Waals surface area (Å²) < 4.78 is 37.2. The lowest BCUT2D eigenvalue weighted by Crippen LogP contribution is -2.29. The third-order valence-electron chi connectivity index (χ3n) is 3.13. The molecule has 0 atom stereocenters. The van der Waals surface area contributed by atoms with Gasteiger partial charge in [0.05, 0.1) is 11.6 Å². The van der Waals surface area contributed by atoms with Gasteiger partial charge in [-0.25, -0.2) is 0 Å². The fraction of sp³-hybridized carbons (Fsp3) is 0.533. The SMILES string of the molecule is CC(C)(CCC#N)CNCc1ccc(C(F)(F)F)cc1. The van der Waals surface area contributed by atoms with Gasteiger partial charge in [-0.15, -0.1) is 0 Å². The molecule has 0 heterocycles. The summed E-state index contributed by atoms with van der Waals surface area (Å²) in [5.41, 5.74) is 0.187. The molecule has 110 valence electrons. The maximum absolute atomic E-state index is 12.4. The number of rotatable bonds is 6. The van der Waals surface area contributed by atoms with Crippen molar-refractivity contribution in [2.75, 3.05) is 6.54 Å². The number of hydrogen-bond donors (Lipinski definition) is 1.